The van der Waals surface area contributed by atoms with E-state index in [2.05, 4.69) is 4.98 Å². The van der Waals surface area contributed by atoms with E-state index >= 15 is 0 Å². The zero-order valence-electron chi connectivity index (χ0n) is 11.2. The quantitative estimate of drug-likeness (QED) is 0.906. The molecule has 106 valence electrons. The number of aromatic amines is 1. The third kappa shape index (κ3) is 3.05. The van der Waals surface area contributed by atoms with Crippen molar-refractivity contribution < 1.29 is 4.79 Å². The smallest absolute Gasteiger partial charge is 0.328 e. The minimum absolute atomic E-state index is 0.0547. The molecule has 0 radical (unpaired) electrons. The van der Waals surface area contributed by atoms with Crippen molar-refractivity contribution in [1.29, 1.82) is 0 Å². The average Bonchev–Trinajstić information content (AvgIpc) is 2.94. The molecule has 1 N–H and O–H groups in total. The van der Waals surface area contributed by atoms with Crippen LogP contribution in [0.2, 0.25) is 0 Å². The molecule has 0 aliphatic carbocycles. The number of carbonyl (C=O) groups is 1. The highest BCUT2D eigenvalue weighted by atomic mass is 32.1. The largest absolute Gasteiger partial charge is 0.337 e. The van der Waals surface area contributed by atoms with Gasteiger partial charge in [-0.1, -0.05) is 6.07 Å². The van der Waals surface area contributed by atoms with Crippen LogP contribution in [-0.4, -0.2) is 27.4 Å². The second kappa shape index (κ2) is 5.87. The molecule has 2 heterocycles. The van der Waals surface area contributed by atoms with Crippen molar-refractivity contribution in [3.05, 3.63) is 55.5 Å². The molecule has 0 spiro atoms. The van der Waals surface area contributed by atoms with Gasteiger partial charge < -0.3 is 4.90 Å². The lowest BCUT2D eigenvalue weighted by molar-refractivity contribution is -0.132. The first kappa shape index (κ1) is 14.3. The van der Waals surface area contributed by atoms with Crippen molar-refractivity contribution in [2.75, 3.05) is 7.05 Å². The van der Waals surface area contributed by atoms with Gasteiger partial charge in [0.25, 0.3) is 5.56 Å². The zero-order valence-corrected chi connectivity index (χ0v) is 12.0. The Bertz CT molecular complexity index is 702. The van der Waals surface area contributed by atoms with E-state index in [1.807, 2.05) is 24.4 Å². The molecule has 6 nitrogen and oxygen atoms in total. The molecule has 2 aromatic heterocycles. The molecule has 0 aliphatic rings. The predicted octanol–water partition coefficient (Wildman–Crippen LogP) is 0.818. The molecule has 1 unspecified atom stereocenters. The van der Waals surface area contributed by atoms with Crippen LogP contribution in [0.25, 0.3) is 0 Å². The summed E-state index contributed by atoms with van der Waals surface area (Å²) in [4.78, 5) is 39.5. The summed E-state index contributed by atoms with van der Waals surface area (Å²) >= 11 is 1.58. The van der Waals surface area contributed by atoms with Crippen LogP contribution in [0.3, 0.4) is 0 Å². The number of nitrogens with zero attached hydrogens (tertiary/aromatic N) is 2. The van der Waals surface area contributed by atoms with Crippen LogP contribution in [0.4, 0.5) is 0 Å². The molecule has 0 fully saturated rings. The van der Waals surface area contributed by atoms with Gasteiger partial charge in [-0.05, 0) is 18.4 Å². The Morgan fingerprint density at radius 2 is 2.20 bits per heavy atom. The van der Waals surface area contributed by atoms with Crippen molar-refractivity contribution in [2.45, 2.75) is 19.5 Å². The summed E-state index contributed by atoms with van der Waals surface area (Å²) in [5.74, 6) is -0.194. The topological polar surface area (TPSA) is 75.2 Å². The second-order valence-electron chi connectivity index (χ2n) is 4.43. The summed E-state index contributed by atoms with van der Waals surface area (Å²) in [7, 11) is 1.70. The molecular weight excluding hydrogens is 278 g/mol. The number of rotatable bonds is 4. The average molecular weight is 293 g/mol. The maximum atomic E-state index is 12.2. The molecule has 20 heavy (non-hydrogen) atoms. The molecule has 2 rings (SSSR count). The van der Waals surface area contributed by atoms with Crippen LogP contribution >= 0.6 is 11.3 Å². The van der Waals surface area contributed by atoms with Crippen LogP contribution < -0.4 is 11.2 Å². The number of hydrogen-bond donors (Lipinski definition) is 1. The van der Waals surface area contributed by atoms with Crippen LogP contribution in [0, 0.1) is 0 Å². The Morgan fingerprint density at radius 1 is 1.45 bits per heavy atom. The van der Waals surface area contributed by atoms with Gasteiger partial charge in [0.1, 0.15) is 6.54 Å². The first-order chi connectivity index (χ1) is 9.49. The van der Waals surface area contributed by atoms with E-state index in [1.54, 1.807) is 23.3 Å². The standard InChI is InChI=1S/C13H15N3O3S/c1-9(10-4-3-7-20-10)15(2)12(18)8-16-6-5-11(17)14-13(16)19/h3-7,9H,8H2,1-2H3,(H,14,17,19). The lowest BCUT2D eigenvalue weighted by Gasteiger charge is -2.24. The lowest BCUT2D eigenvalue weighted by Crippen LogP contribution is -2.37. The van der Waals surface area contributed by atoms with Crippen molar-refractivity contribution in [3.63, 3.8) is 0 Å². The normalized spacial score (nSPS) is 12.1. The van der Waals surface area contributed by atoms with Gasteiger partial charge in [-0.25, -0.2) is 4.79 Å². The Labute approximate surface area is 119 Å². The number of amides is 1. The highest BCUT2D eigenvalue weighted by Crippen LogP contribution is 2.23. The van der Waals surface area contributed by atoms with Crippen molar-refractivity contribution >= 4 is 17.2 Å². The molecule has 0 saturated carbocycles. The highest BCUT2D eigenvalue weighted by Gasteiger charge is 2.18. The second-order valence-corrected chi connectivity index (χ2v) is 5.41. The lowest BCUT2D eigenvalue weighted by atomic mass is 10.2. The van der Waals surface area contributed by atoms with E-state index < -0.39 is 11.2 Å². The molecule has 0 aliphatic heterocycles. The number of likely N-dealkylation sites (N-methyl/N-ethyl adjacent to an activating group) is 1. The summed E-state index contributed by atoms with van der Waals surface area (Å²) in [5, 5.41) is 1.95. The first-order valence-electron chi connectivity index (χ1n) is 6.08. The fourth-order valence-corrected chi connectivity index (χ4v) is 2.59. The van der Waals surface area contributed by atoms with Gasteiger partial charge >= 0.3 is 5.69 Å². The maximum absolute atomic E-state index is 12.2. The molecule has 0 saturated heterocycles. The first-order valence-corrected chi connectivity index (χ1v) is 6.96. The van der Waals surface area contributed by atoms with Crippen LogP contribution in [-0.2, 0) is 11.3 Å². The van der Waals surface area contributed by atoms with Crippen molar-refractivity contribution in [1.82, 2.24) is 14.5 Å². The number of carbonyl (C=O) groups excluding carboxylic acids is 1. The molecule has 2 aromatic rings. The monoisotopic (exact) mass is 293 g/mol. The molecule has 1 amide bonds. The van der Waals surface area contributed by atoms with E-state index in [9.17, 15) is 14.4 Å². The minimum Gasteiger partial charge on any atom is -0.337 e. The van der Waals surface area contributed by atoms with Gasteiger partial charge in [-0.2, -0.15) is 0 Å². The summed E-state index contributed by atoms with van der Waals surface area (Å²) in [6.07, 6.45) is 1.32. The van der Waals surface area contributed by atoms with E-state index in [0.29, 0.717) is 0 Å². The Kier molecular flexibility index (Phi) is 4.19. The van der Waals surface area contributed by atoms with E-state index in [0.717, 1.165) is 4.88 Å². The summed E-state index contributed by atoms with van der Waals surface area (Å²) in [5.41, 5.74) is -1.05. The molecule has 0 bridgehead atoms. The maximum Gasteiger partial charge on any atom is 0.328 e. The van der Waals surface area contributed by atoms with E-state index in [-0.39, 0.29) is 18.5 Å². The van der Waals surface area contributed by atoms with Gasteiger partial charge in [-0.15, -0.1) is 11.3 Å². The number of H-pyrrole nitrogens is 1. The zero-order chi connectivity index (χ0) is 14.7. The summed E-state index contributed by atoms with van der Waals surface area (Å²) < 4.78 is 1.18. The number of aromatic nitrogens is 2. The fourth-order valence-electron chi connectivity index (χ4n) is 1.76. The Morgan fingerprint density at radius 3 is 2.80 bits per heavy atom. The Balaban J connectivity index is 2.11. The third-order valence-electron chi connectivity index (χ3n) is 3.13. The molecule has 0 aromatic carbocycles. The SMILES string of the molecule is CC(c1cccs1)N(C)C(=O)Cn1ccc(=O)[nH]c1=O. The summed E-state index contributed by atoms with van der Waals surface area (Å²) in [6, 6.07) is 5.06. The third-order valence-corrected chi connectivity index (χ3v) is 4.17. The predicted molar refractivity (Wildman–Crippen MR) is 76.8 cm³/mol. The van der Waals surface area contributed by atoms with Crippen molar-refractivity contribution in [3.8, 4) is 0 Å². The van der Waals surface area contributed by atoms with Crippen LogP contribution in [0.5, 0.6) is 0 Å². The number of thiophene rings is 1. The van der Waals surface area contributed by atoms with Gasteiger partial charge in [0.15, 0.2) is 0 Å². The molecule has 1 atom stereocenters. The van der Waals surface area contributed by atoms with Crippen LogP contribution in [0.15, 0.2) is 39.4 Å². The Hall–Kier alpha value is -2.15. The summed E-state index contributed by atoms with van der Waals surface area (Å²) in [6.45, 7) is 1.83. The van der Waals surface area contributed by atoms with Crippen LogP contribution in [0.1, 0.15) is 17.8 Å². The number of hydrogen-bond acceptors (Lipinski definition) is 4. The molecule has 7 heteroatoms. The van der Waals surface area contributed by atoms with E-state index in [4.69, 9.17) is 0 Å². The minimum atomic E-state index is -0.581. The van der Waals surface area contributed by atoms with Gasteiger partial charge in [0, 0.05) is 24.2 Å². The van der Waals surface area contributed by atoms with Gasteiger partial charge in [-0.3, -0.25) is 19.1 Å². The van der Waals surface area contributed by atoms with E-state index in [1.165, 1.54) is 16.8 Å². The fraction of sp³-hybridized carbons (Fsp3) is 0.308. The molecular formula is C13H15N3O3S. The highest BCUT2D eigenvalue weighted by molar-refractivity contribution is 7.10. The number of nitrogens with one attached hydrogen (secondary N) is 1. The van der Waals surface area contributed by atoms with Gasteiger partial charge in [0.2, 0.25) is 5.91 Å². The van der Waals surface area contributed by atoms with Crippen molar-refractivity contribution in [2.24, 2.45) is 0 Å². The van der Waals surface area contributed by atoms with Gasteiger partial charge in [0.05, 0.1) is 6.04 Å².